The Morgan fingerprint density at radius 3 is 2.59 bits per heavy atom. The molecule has 0 amide bonds. The van der Waals surface area contributed by atoms with Crippen molar-refractivity contribution in [2.45, 2.75) is 56.9 Å². The summed E-state index contributed by atoms with van der Waals surface area (Å²) in [5.41, 5.74) is 1.11. The molecule has 0 aromatic carbocycles. The summed E-state index contributed by atoms with van der Waals surface area (Å²) < 4.78 is 0. The van der Waals surface area contributed by atoms with Gasteiger partial charge in [-0.2, -0.15) is 0 Å². The van der Waals surface area contributed by atoms with Gasteiger partial charge in [0.2, 0.25) is 0 Å². The average Bonchev–Trinajstić information content (AvgIpc) is 3.25. The number of hydrogen-bond acceptors (Lipinski definition) is 2. The second-order valence-corrected chi connectivity index (χ2v) is 7.62. The minimum Gasteiger partial charge on any atom is -0.359 e. The van der Waals surface area contributed by atoms with Gasteiger partial charge < -0.3 is 5.32 Å². The number of rotatable bonds is 3. The molecule has 1 N–H and O–H groups in total. The van der Waals surface area contributed by atoms with Crippen molar-refractivity contribution in [1.82, 2.24) is 5.32 Å². The van der Waals surface area contributed by atoms with Crippen molar-refractivity contribution < 1.29 is 0 Å². The average molecular weight is 250 g/mol. The predicted molar refractivity (Wildman–Crippen MR) is 73.5 cm³/mol. The normalized spacial score (nSPS) is 35.4. The summed E-state index contributed by atoms with van der Waals surface area (Å²) in [6, 6.07) is 0. The van der Waals surface area contributed by atoms with E-state index in [4.69, 9.17) is 4.99 Å². The quantitative estimate of drug-likeness (QED) is 0.832. The Morgan fingerprint density at radius 2 is 1.94 bits per heavy atom. The van der Waals surface area contributed by atoms with Gasteiger partial charge in [-0.3, -0.25) is 4.99 Å². The van der Waals surface area contributed by atoms with Gasteiger partial charge in [0.05, 0.1) is 0 Å². The van der Waals surface area contributed by atoms with E-state index >= 15 is 0 Å². The lowest BCUT2D eigenvalue weighted by Gasteiger charge is -2.22. The topological polar surface area (TPSA) is 24.4 Å². The number of amidine groups is 1. The van der Waals surface area contributed by atoms with E-state index in [1.807, 2.05) is 11.8 Å². The van der Waals surface area contributed by atoms with Crippen molar-refractivity contribution in [2.75, 3.05) is 12.3 Å². The van der Waals surface area contributed by atoms with E-state index in [0.717, 1.165) is 12.5 Å². The molecule has 94 valence electrons. The maximum Gasteiger partial charge on any atom is 0.157 e. The zero-order valence-electron chi connectivity index (χ0n) is 10.5. The Morgan fingerprint density at radius 1 is 1.18 bits per heavy atom. The standard InChI is InChI=1S/C14H22N2S/c1-2-6-14(5-1)10-17-12(16-14)15-9-13(7-8-13)11-3-4-11/h11H,1-10H2,(H,15,16). The van der Waals surface area contributed by atoms with Crippen LogP contribution in [0, 0.1) is 11.3 Å². The Balaban J connectivity index is 1.39. The SMILES string of the molecule is C1CCC2(C1)CSC(=NCC1(C3CC3)CC1)N2. The van der Waals surface area contributed by atoms with E-state index in [-0.39, 0.29) is 0 Å². The van der Waals surface area contributed by atoms with Gasteiger partial charge in [0.25, 0.3) is 0 Å². The van der Waals surface area contributed by atoms with Crippen molar-refractivity contribution >= 4 is 16.9 Å². The van der Waals surface area contributed by atoms with Crippen molar-refractivity contribution in [2.24, 2.45) is 16.3 Å². The molecular formula is C14H22N2S. The molecule has 1 saturated heterocycles. The third-order valence-electron chi connectivity index (χ3n) is 5.29. The van der Waals surface area contributed by atoms with Gasteiger partial charge >= 0.3 is 0 Å². The van der Waals surface area contributed by atoms with E-state index < -0.39 is 0 Å². The lowest BCUT2D eigenvalue weighted by Crippen LogP contribution is -2.40. The molecule has 1 spiro atoms. The zero-order chi connectivity index (χ0) is 11.3. The van der Waals surface area contributed by atoms with E-state index in [2.05, 4.69) is 5.32 Å². The molecule has 4 aliphatic rings. The van der Waals surface area contributed by atoms with Crippen molar-refractivity contribution in [1.29, 1.82) is 0 Å². The van der Waals surface area contributed by atoms with Gasteiger partial charge in [-0.1, -0.05) is 24.6 Å². The number of nitrogens with zero attached hydrogens (tertiary/aromatic N) is 1. The Bertz CT molecular complexity index is 349. The van der Waals surface area contributed by atoms with Gasteiger partial charge in [-0.25, -0.2) is 0 Å². The maximum absolute atomic E-state index is 4.91. The molecule has 0 bridgehead atoms. The van der Waals surface area contributed by atoms with Crippen LogP contribution in [0.1, 0.15) is 51.4 Å². The largest absolute Gasteiger partial charge is 0.359 e. The van der Waals surface area contributed by atoms with Crippen LogP contribution in [0.2, 0.25) is 0 Å². The Hall–Kier alpha value is -0.180. The van der Waals surface area contributed by atoms with Crippen molar-refractivity contribution in [3.05, 3.63) is 0 Å². The first-order valence-electron chi connectivity index (χ1n) is 7.26. The van der Waals surface area contributed by atoms with E-state index in [9.17, 15) is 0 Å². The highest BCUT2D eigenvalue weighted by Gasteiger charge is 2.53. The van der Waals surface area contributed by atoms with Crippen LogP contribution in [0.15, 0.2) is 4.99 Å². The molecule has 0 aromatic heterocycles. The molecule has 0 radical (unpaired) electrons. The number of nitrogens with one attached hydrogen (secondary N) is 1. The Labute approximate surface area is 108 Å². The molecular weight excluding hydrogens is 228 g/mol. The van der Waals surface area contributed by atoms with Crippen LogP contribution in [-0.4, -0.2) is 23.0 Å². The molecule has 1 heterocycles. The monoisotopic (exact) mass is 250 g/mol. The van der Waals surface area contributed by atoms with E-state index in [1.54, 1.807) is 0 Å². The first-order chi connectivity index (χ1) is 8.30. The summed E-state index contributed by atoms with van der Waals surface area (Å²) in [6.45, 7) is 1.11. The van der Waals surface area contributed by atoms with Gasteiger partial charge in [0.15, 0.2) is 5.17 Å². The summed E-state index contributed by atoms with van der Waals surface area (Å²) in [7, 11) is 0. The Kier molecular flexibility index (Phi) is 2.31. The third-order valence-corrected chi connectivity index (χ3v) is 6.49. The van der Waals surface area contributed by atoms with E-state index in [1.165, 1.54) is 62.3 Å². The smallest absolute Gasteiger partial charge is 0.157 e. The lowest BCUT2D eigenvalue weighted by molar-refractivity contribution is 0.441. The molecule has 17 heavy (non-hydrogen) atoms. The van der Waals surface area contributed by atoms with E-state index in [0.29, 0.717) is 11.0 Å². The van der Waals surface area contributed by atoms with Crippen LogP contribution < -0.4 is 5.32 Å². The van der Waals surface area contributed by atoms with Gasteiger partial charge in [0.1, 0.15) is 0 Å². The predicted octanol–water partition coefficient (Wildman–Crippen LogP) is 3.18. The number of hydrogen-bond donors (Lipinski definition) is 1. The fraction of sp³-hybridized carbons (Fsp3) is 0.929. The summed E-state index contributed by atoms with van der Waals surface area (Å²) in [6.07, 6.45) is 11.4. The highest BCUT2D eigenvalue weighted by Crippen LogP contribution is 2.61. The second kappa shape index (κ2) is 3.66. The molecule has 4 fully saturated rings. The molecule has 0 atom stereocenters. The summed E-state index contributed by atoms with van der Waals surface area (Å²) in [5, 5.41) is 5.00. The minimum atomic E-state index is 0.444. The highest BCUT2D eigenvalue weighted by molar-refractivity contribution is 8.14. The second-order valence-electron chi connectivity index (χ2n) is 6.66. The first-order valence-corrected chi connectivity index (χ1v) is 8.24. The lowest BCUT2D eigenvalue weighted by atomic mass is 10.0. The van der Waals surface area contributed by atoms with Crippen LogP contribution in [-0.2, 0) is 0 Å². The van der Waals surface area contributed by atoms with Crippen LogP contribution in [0.3, 0.4) is 0 Å². The summed E-state index contributed by atoms with van der Waals surface area (Å²) in [5.74, 6) is 2.31. The molecule has 1 aliphatic heterocycles. The van der Waals surface area contributed by atoms with Gasteiger partial charge in [0, 0.05) is 17.8 Å². The van der Waals surface area contributed by atoms with Crippen LogP contribution in [0.25, 0.3) is 0 Å². The van der Waals surface area contributed by atoms with Crippen LogP contribution in [0.4, 0.5) is 0 Å². The van der Waals surface area contributed by atoms with Gasteiger partial charge in [-0.05, 0) is 49.9 Å². The molecule has 3 aliphatic carbocycles. The molecule has 3 heteroatoms. The molecule has 4 rings (SSSR count). The molecule has 2 nitrogen and oxygen atoms in total. The minimum absolute atomic E-state index is 0.444. The first kappa shape index (κ1) is 10.7. The summed E-state index contributed by atoms with van der Waals surface area (Å²) in [4.78, 5) is 4.91. The van der Waals surface area contributed by atoms with Crippen molar-refractivity contribution in [3.8, 4) is 0 Å². The fourth-order valence-electron chi connectivity index (χ4n) is 3.69. The fourth-order valence-corrected chi connectivity index (χ4v) is 4.91. The zero-order valence-corrected chi connectivity index (χ0v) is 11.3. The molecule has 3 saturated carbocycles. The van der Waals surface area contributed by atoms with Crippen molar-refractivity contribution in [3.63, 3.8) is 0 Å². The molecule has 0 aromatic rings. The molecule has 0 unspecified atom stereocenters. The number of aliphatic imine (C=N–C) groups is 1. The third kappa shape index (κ3) is 1.91. The highest BCUT2D eigenvalue weighted by atomic mass is 32.2. The summed E-state index contributed by atoms with van der Waals surface area (Å²) >= 11 is 1.98. The maximum atomic E-state index is 4.91. The van der Waals surface area contributed by atoms with Crippen LogP contribution >= 0.6 is 11.8 Å². The van der Waals surface area contributed by atoms with Crippen LogP contribution in [0.5, 0.6) is 0 Å². The van der Waals surface area contributed by atoms with Gasteiger partial charge in [-0.15, -0.1) is 0 Å². The number of thioether (sulfide) groups is 1.